The summed E-state index contributed by atoms with van der Waals surface area (Å²) in [6, 6.07) is 13.8. The average Bonchev–Trinajstić information content (AvgIpc) is 3.50. The molecule has 0 bridgehead atoms. The van der Waals surface area contributed by atoms with E-state index in [4.69, 9.17) is 4.42 Å². The smallest absolute Gasteiger partial charge is 0.285 e. The highest BCUT2D eigenvalue weighted by Gasteiger charge is 2.36. The van der Waals surface area contributed by atoms with E-state index >= 15 is 0 Å². The van der Waals surface area contributed by atoms with Gasteiger partial charge in [-0.25, -0.2) is 0 Å². The number of likely N-dealkylation sites (tertiary alicyclic amines) is 1. The standard InChI is InChI=1S/C22H26N4O2S/c1-2-12-26(16-19-23-24-21(28-19)18-11-8-15-29-18)20(17-9-4-3-5-10-17)22(27)25-13-6-7-14-25/h3-5,8-11,15,20H,2,6-7,12-14,16H2,1H3/p+1/t20-/m0/s1. The summed E-state index contributed by atoms with van der Waals surface area (Å²) in [7, 11) is 0. The highest BCUT2D eigenvalue weighted by Crippen LogP contribution is 2.23. The first-order valence-corrected chi connectivity index (χ1v) is 11.2. The van der Waals surface area contributed by atoms with E-state index in [2.05, 4.69) is 29.3 Å². The molecule has 1 unspecified atom stereocenters. The minimum absolute atomic E-state index is 0.204. The summed E-state index contributed by atoms with van der Waals surface area (Å²) in [4.78, 5) is 17.6. The normalized spacial score (nSPS) is 16.1. The van der Waals surface area contributed by atoms with Crippen LogP contribution in [0.15, 0.2) is 52.3 Å². The van der Waals surface area contributed by atoms with Crippen LogP contribution >= 0.6 is 11.3 Å². The van der Waals surface area contributed by atoms with Crippen molar-refractivity contribution in [3.05, 3.63) is 59.3 Å². The summed E-state index contributed by atoms with van der Waals surface area (Å²) in [5.74, 6) is 1.33. The van der Waals surface area contributed by atoms with E-state index in [9.17, 15) is 4.79 Å². The Morgan fingerprint density at radius 3 is 2.66 bits per heavy atom. The Bertz CT molecular complexity index is 904. The molecule has 152 valence electrons. The van der Waals surface area contributed by atoms with Gasteiger partial charge in [-0.05, 0) is 30.7 Å². The molecule has 0 aliphatic carbocycles. The molecule has 29 heavy (non-hydrogen) atoms. The molecule has 1 aliphatic heterocycles. The first kappa shape index (κ1) is 19.8. The van der Waals surface area contributed by atoms with Crippen molar-refractivity contribution in [3.63, 3.8) is 0 Å². The van der Waals surface area contributed by atoms with Gasteiger partial charge in [-0.15, -0.1) is 21.5 Å². The number of benzene rings is 1. The molecule has 2 aromatic heterocycles. The number of rotatable bonds is 8. The van der Waals surface area contributed by atoms with Crippen LogP contribution in [0.3, 0.4) is 0 Å². The molecule has 1 N–H and O–H groups in total. The third kappa shape index (κ3) is 4.57. The Kier molecular flexibility index (Phi) is 6.36. The van der Waals surface area contributed by atoms with Gasteiger partial charge in [-0.2, -0.15) is 0 Å². The van der Waals surface area contributed by atoms with Crippen molar-refractivity contribution in [2.75, 3.05) is 19.6 Å². The van der Waals surface area contributed by atoms with E-state index in [1.807, 2.05) is 40.6 Å². The van der Waals surface area contributed by atoms with Crippen molar-refractivity contribution in [1.29, 1.82) is 0 Å². The molecular formula is C22H27N4O2S+. The van der Waals surface area contributed by atoms with Crippen LogP contribution in [0.25, 0.3) is 10.8 Å². The lowest BCUT2D eigenvalue weighted by Crippen LogP contribution is -3.12. The number of thiophene rings is 1. The minimum atomic E-state index is -0.258. The van der Waals surface area contributed by atoms with Gasteiger partial charge in [0.1, 0.15) is 0 Å². The average molecular weight is 412 g/mol. The van der Waals surface area contributed by atoms with Crippen LogP contribution < -0.4 is 4.90 Å². The zero-order chi connectivity index (χ0) is 20.1. The first-order valence-electron chi connectivity index (χ1n) is 10.3. The molecule has 0 saturated carbocycles. The van der Waals surface area contributed by atoms with Crippen molar-refractivity contribution < 1.29 is 14.1 Å². The fourth-order valence-electron chi connectivity index (χ4n) is 3.99. The zero-order valence-electron chi connectivity index (χ0n) is 16.7. The summed E-state index contributed by atoms with van der Waals surface area (Å²) >= 11 is 1.58. The van der Waals surface area contributed by atoms with Crippen molar-refractivity contribution >= 4 is 17.2 Å². The summed E-state index contributed by atoms with van der Waals surface area (Å²) in [5.41, 5.74) is 1.05. The van der Waals surface area contributed by atoms with E-state index in [0.717, 1.165) is 54.2 Å². The van der Waals surface area contributed by atoms with Gasteiger partial charge in [-0.3, -0.25) is 4.79 Å². The van der Waals surface area contributed by atoms with Crippen molar-refractivity contribution in [3.8, 4) is 10.8 Å². The molecule has 7 heteroatoms. The number of aromatic nitrogens is 2. The summed E-state index contributed by atoms with van der Waals surface area (Å²) < 4.78 is 5.94. The Morgan fingerprint density at radius 2 is 1.97 bits per heavy atom. The lowest BCUT2D eigenvalue weighted by molar-refractivity contribution is -0.937. The van der Waals surface area contributed by atoms with Gasteiger partial charge in [0.15, 0.2) is 12.6 Å². The number of nitrogens with zero attached hydrogens (tertiary/aromatic N) is 3. The number of hydrogen-bond donors (Lipinski definition) is 1. The SMILES string of the molecule is CCC[NH+](Cc1nnc(-c2cccs2)o1)[C@H](C(=O)N1CCCC1)c1ccccc1. The third-order valence-corrected chi connectivity index (χ3v) is 6.21. The topological polar surface area (TPSA) is 63.7 Å². The minimum Gasteiger partial charge on any atom is -0.414 e. The Balaban J connectivity index is 1.61. The number of hydrogen-bond acceptors (Lipinski definition) is 5. The van der Waals surface area contributed by atoms with Crippen LogP contribution in [0.2, 0.25) is 0 Å². The molecule has 1 fully saturated rings. The first-order chi connectivity index (χ1) is 14.3. The number of nitrogens with one attached hydrogen (secondary N) is 1. The number of carbonyl (C=O) groups excluding carboxylic acids is 1. The number of amides is 1. The van der Waals surface area contributed by atoms with E-state index in [1.54, 1.807) is 11.3 Å². The molecule has 0 spiro atoms. The molecule has 1 aromatic carbocycles. The van der Waals surface area contributed by atoms with E-state index in [0.29, 0.717) is 18.3 Å². The van der Waals surface area contributed by atoms with Crippen LogP contribution in [-0.4, -0.2) is 40.6 Å². The van der Waals surface area contributed by atoms with Crippen molar-refractivity contribution in [1.82, 2.24) is 15.1 Å². The van der Waals surface area contributed by atoms with Crippen LogP contribution in [0.4, 0.5) is 0 Å². The molecule has 1 amide bonds. The van der Waals surface area contributed by atoms with E-state index < -0.39 is 0 Å². The molecule has 3 heterocycles. The Labute approximate surface area is 175 Å². The van der Waals surface area contributed by atoms with Gasteiger partial charge in [0.05, 0.1) is 11.4 Å². The van der Waals surface area contributed by atoms with Crippen LogP contribution in [-0.2, 0) is 11.3 Å². The lowest BCUT2D eigenvalue weighted by atomic mass is 10.0. The largest absolute Gasteiger partial charge is 0.414 e. The second-order valence-electron chi connectivity index (χ2n) is 7.44. The van der Waals surface area contributed by atoms with E-state index in [1.165, 1.54) is 0 Å². The second kappa shape index (κ2) is 9.33. The van der Waals surface area contributed by atoms with Gasteiger partial charge < -0.3 is 14.2 Å². The molecule has 2 atom stereocenters. The maximum absolute atomic E-state index is 13.5. The summed E-state index contributed by atoms with van der Waals surface area (Å²) in [6.45, 7) is 5.24. The molecule has 0 radical (unpaired) electrons. The predicted octanol–water partition coefficient (Wildman–Crippen LogP) is 2.96. The molecule has 4 rings (SSSR count). The van der Waals surface area contributed by atoms with E-state index in [-0.39, 0.29) is 11.9 Å². The lowest BCUT2D eigenvalue weighted by Gasteiger charge is -2.30. The molecule has 1 saturated heterocycles. The zero-order valence-corrected chi connectivity index (χ0v) is 17.5. The summed E-state index contributed by atoms with van der Waals surface area (Å²) in [5, 5.41) is 10.5. The monoisotopic (exact) mass is 411 g/mol. The third-order valence-electron chi connectivity index (χ3n) is 5.35. The summed E-state index contributed by atoms with van der Waals surface area (Å²) in [6.07, 6.45) is 3.15. The van der Waals surface area contributed by atoms with Gasteiger partial charge >= 0.3 is 0 Å². The fourth-order valence-corrected chi connectivity index (χ4v) is 4.64. The van der Waals surface area contributed by atoms with Crippen LogP contribution in [0.1, 0.15) is 43.7 Å². The number of carbonyl (C=O) groups is 1. The predicted molar refractivity (Wildman–Crippen MR) is 112 cm³/mol. The van der Waals surface area contributed by atoms with Gasteiger partial charge in [-0.1, -0.05) is 43.3 Å². The second-order valence-corrected chi connectivity index (χ2v) is 8.39. The Hall–Kier alpha value is -2.51. The van der Waals surface area contributed by atoms with Crippen LogP contribution in [0.5, 0.6) is 0 Å². The maximum Gasteiger partial charge on any atom is 0.285 e. The van der Waals surface area contributed by atoms with Gasteiger partial charge in [0, 0.05) is 18.7 Å². The highest BCUT2D eigenvalue weighted by atomic mass is 32.1. The molecule has 1 aliphatic rings. The van der Waals surface area contributed by atoms with Crippen molar-refractivity contribution in [2.45, 2.75) is 38.8 Å². The fraction of sp³-hybridized carbons (Fsp3) is 0.409. The molecule has 6 nitrogen and oxygen atoms in total. The molecule has 3 aromatic rings. The van der Waals surface area contributed by atoms with Gasteiger partial charge in [0.25, 0.3) is 17.7 Å². The Morgan fingerprint density at radius 1 is 1.17 bits per heavy atom. The quantitative estimate of drug-likeness (QED) is 0.619. The van der Waals surface area contributed by atoms with Gasteiger partial charge in [0.2, 0.25) is 0 Å². The van der Waals surface area contributed by atoms with Crippen LogP contribution in [0, 0.1) is 0 Å². The molecular weight excluding hydrogens is 384 g/mol. The highest BCUT2D eigenvalue weighted by molar-refractivity contribution is 7.13. The number of quaternary nitrogens is 1. The van der Waals surface area contributed by atoms with Crippen molar-refractivity contribution in [2.24, 2.45) is 0 Å². The maximum atomic E-state index is 13.5.